The van der Waals surface area contributed by atoms with Crippen LogP contribution in [-0.4, -0.2) is 0 Å². The molecule has 0 saturated carbocycles. The van der Waals surface area contributed by atoms with Gasteiger partial charge in [0.25, 0.3) is 0 Å². The second-order valence-corrected chi connectivity index (χ2v) is 5.48. The molecule has 1 aromatic rings. The average Bonchev–Trinajstić information content (AvgIpc) is 2.49. The minimum atomic E-state index is 0.535. The zero-order valence-electron chi connectivity index (χ0n) is 11.3. The highest BCUT2D eigenvalue weighted by atomic mass is 14.6. The van der Waals surface area contributed by atoms with Gasteiger partial charge in [0.2, 0.25) is 0 Å². The van der Waals surface area contributed by atoms with Gasteiger partial charge in [0.05, 0.1) is 0 Å². The number of allylic oxidation sites excluding steroid dienone is 6. The van der Waals surface area contributed by atoms with Gasteiger partial charge in [-0.25, -0.2) is 0 Å². The molecule has 0 aliphatic heterocycles. The number of nitrogens with two attached hydrogens (primary N) is 1. The molecule has 0 spiro atoms. The van der Waals surface area contributed by atoms with Crippen molar-refractivity contribution in [3.05, 3.63) is 65.4 Å². The van der Waals surface area contributed by atoms with Crippen molar-refractivity contribution >= 4 is 5.57 Å². The van der Waals surface area contributed by atoms with Crippen LogP contribution in [0.5, 0.6) is 0 Å². The van der Waals surface area contributed by atoms with Crippen molar-refractivity contribution in [3.8, 4) is 0 Å². The van der Waals surface area contributed by atoms with E-state index in [0.717, 1.165) is 18.5 Å². The van der Waals surface area contributed by atoms with Gasteiger partial charge in [-0.05, 0) is 48.8 Å². The summed E-state index contributed by atoms with van der Waals surface area (Å²) in [7, 11) is 0. The van der Waals surface area contributed by atoms with E-state index in [0.29, 0.717) is 5.92 Å². The van der Waals surface area contributed by atoms with E-state index in [4.69, 9.17) is 5.73 Å². The van der Waals surface area contributed by atoms with Crippen molar-refractivity contribution in [3.63, 3.8) is 0 Å². The van der Waals surface area contributed by atoms with Crippen LogP contribution in [0.1, 0.15) is 37.7 Å². The Kier molecular flexibility index (Phi) is 3.54. The third kappa shape index (κ3) is 2.65. The normalized spacial score (nSPS) is 23.4. The van der Waals surface area contributed by atoms with E-state index in [1.807, 2.05) is 0 Å². The second kappa shape index (κ2) is 5.48. The van der Waals surface area contributed by atoms with E-state index < -0.39 is 0 Å². The van der Waals surface area contributed by atoms with Crippen molar-refractivity contribution in [2.45, 2.75) is 32.1 Å². The second-order valence-electron chi connectivity index (χ2n) is 5.48. The number of benzene rings is 1. The standard InChI is InChI=1S/C18H21N/c19-18-12-11-16(14-7-3-1-4-8-14)13-17(18)15-9-5-2-6-10-15/h1,3-5,7-9,13,15H,2,6,10-12,19H2. The first-order valence-electron chi connectivity index (χ1n) is 7.26. The smallest absolute Gasteiger partial charge is 0.0122 e. The molecule has 0 radical (unpaired) electrons. The Hall–Kier alpha value is -1.76. The summed E-state index contributed by atoms with van der Waals surface area (Å²) in [5.74, 6) is 0.535. The monoisotopic (exact) mass is 251 g/mol. The lowest BCUT2D eigenvalue weighted by Gasteiger charge is -2.25. The molecule has 2 aliphatic carbocycles. The highest BCUT2D eigenvalue weighted by molar-refractivity contribution is 5.70. The summed E-state index contributed by atoms with van der Waals surface area (Å²) >= 11 is 0. The Morgan fingerprint density at radius 1 is 1.05 bits per heavy atom. The summed E-state index contributed by atoms with van der Waals surface area (Å²) in [6.07, 6.45) is 12.8. The summed E-state index contributed by atoms with van der Waals surface area (Å²) in [4.78, 5) is 0. The Bertz CT molecular complexity index is 534. The summed E-state index contributed by atoms with van der Waals surface area (Å²) in [5, 5.41) is 0. The van der Waals surface area contributed by atoms with Crippen LogP contribution in [0, 0.1) is 5.92 Å². The predicted octanol–water partition coefficient (Wildman–Crippen LogP) is 4.43. The first-order valence-corrected chi connectivity index (χ1v) is 7.26. The molecule has 0 aromatic heterocycles. The van der Waals surface area contributed by atoms with Gasteiger partial charge in [0.15, 0.2) is 0 Å². The van der Waals surface area contributed by atoms with Crippen molar-refractivity contribution in [2.24, 2.45) is 11.7 Å². The molecule has 2 N–H and O–H groups in total. The molecule has 98 valence electrons. The molecule has 0 amide bonds. The van der Waals surface area contributed by atoms with Crippen molar-refractivity contribution in [1.29, 1.82) is 0 Å². The van der Waals surface area contributed by atoms with E-state index in [-0.39, 0.29) is 0 Å². The highest BCUT2D eigenvalue weighted by Gasteiger charge is 2.19. The van der Waals surface area contributed by atoms with E-state index in [1.165, 1.54) is 36.0 Å². The lowest BCUT2D eigenvalue weighted by Crippen LogP contribution is -2.14. The first-order chi connectivity index (χ1) is 9.34. The molecule has 0 heterocycles. The maximum atomic E-state index is 6.25. The van der Waals surface area contributed by atoms with Crippen molar-refractivity contribution < 1.29 is 0 Å². The topological polar surface area (TPSA) is 26.0 Å². The Morgan fingerprint density at radius 3 is 2.63 bits per heavy atom. The first kappa shape index (κ1) is 12.3. The fourth-order valence-corrected chi connectivity index (χ4v) is 3.06. The molecule has 1 heteroatoms. The van der Waals surface area contributed by atoms with E-state index >= 15 is 0 Å². The van der Waals surface area contributed by atoms with Gasteiger partial charge in [0.1, 0.15) is 0 Å². The maximum absolute atomic E-state index is 6.25. The van der Waals surface area contributed by atoms with Crippen molar-refractivity contribution in [1.82, 2.24) is 0 Å². The van der Waals surface area contributed by atoms with Gasteiger partial charge in [-0.2, -0.15) is 0 Å². The van der Waals surface area contributed by atoms with Crippen molar-refractivity contribution in [2.75, 3.05) is 0 Å². The van der Waals surface area contributed by atoms with Gasteiger partial charge in [-0.15, -0.1) is 0 Å². The van der Waals surface area contributed by atoms with Gasteiger partial charge in [-0.1, -0.05) is 48.6 Å². The summed E-state index contributed by atoms with van der Waals surface area (Å²) in [6, 6.07) is 10.7. The van der Waals surface area contributed by atoms with Crippen LogP contribution in [0.15, 0.2) is 59.8 Å². The average molecular weight is 251 g/mol. The van der Waals surface area contributed by atoms with Crippen LogP contribution < -0.4 is 5.73 Å². The van der Waals surface area contributed by atoms with Crippen LogP contribution in [-0.2, 0) is 0 Å². The minimum absolute atomic E-state index is 0.535. The van der Waals surface area contributed by atoms with Crippen LogP contribution in [0.4, 0.5) is 0 Å². The van der Waals surface area contributed by atoms with E-state index in [9.17, 15) is 0 Å². The van der Waals surface area contributed by atoms with Gasteiger partial charge >= 0.3 is 0 Å². The number of rotatable bonds is 2. The molecular formula is C18H21N. The number of hydrogen-bond acceptors (Lipinski definition) is 1. The van der Waals surface area contributed by atoms with E-state index in [1.54, 1.807) is 0 Å². The fraction of sp³-hybridized carbons (Fsp3) is 0.333. The lowest BCUT2D eigenvalue weighted by molar-refractivity contribution is 0.604. The molecule has 1 nitrogen and oxygen atoms in total. The van der Waals surface area contributed by atoms with Crippen LogP contribution in [0.2, 0.25) is 0 Å². The quantitative estimate of drug-likeness (QED) is 0.773. The molecule has 3 rings (SSSR count). The van der Waals surface area contributed by atoms with E-state index in [2.05, 4.69) is 48.6 Å². The largest absolute Gasteiger partial charge is 0.402 e. The molecule has 2 aliphatic rings. The Balaban J connectivity index is 1.92. The minimum Gasteiger partial charge on any atom is -0.402 e. The zero-order valence-corrected chi connectivity index (χ0v) is 11.3. The molecular weight excluding hydrogens is 230 g/mol. The summed E-state index contributed by atoms with van der Waals surface area (Å²) in [6.45, 7) is 0. The zero-order chi connectivity index (χ0) is 13.1. The molecule has 1 unspecified atom stereocenters. The molecule has 0 bridgehead atoms. The Labute approximate surface area is 115 Å². The molecule has 1 aromatic carbocycles. The number of hydrogen-bond donors (Lipinski definition) is 1. The van der Waals surface area contributed by atoms with Crippen LogP contribution >= 0.6 is 0 Å². The van der Waals surface area contributed by atoms with Crippen LogP contribution in [0.25, 0.3) is 5.57 Å². The van der Waals surface area contributed by atoms with Gasteiger partial charge in [-0.3, -0.25) is 0 Å². The molecule has 0 saturated heterocycles. The SMILES string of the molecule is NC1=C(C2C=CCCC2)C=C(c2ccccc2)CC1. The predicted molar refractivity (Wildman–Crippen MR) is 81.3 cm³/mol. The highest BCUT2D eigenvalue weighted by Crippen LogP contribution is 2.35. The molecule has 19 heavy (non-hydrogen) atoms. The maximum Gasteiger partial charge on any atom is 0.0122 e. The molecule has 0 fully saturated rings. The summed E-state index contributed by atoms with van der Waals surface area (Å²) < 4.78 is 0. The Morgan fingerprint density at radius 2 is 1.89 bits per heavy atom. The fourth-order valence-electron chi connectivity index (χ4n) is 3.06. The molecule has 1 atom stereocenters. The van der Waals surface area contributed by atoms with Gasteiger partial charge < -0.3 is 5.73 Å². The van der Waals surface area contributed by atoms with Gasteiger partial charge in [0, 0.05) is 11.6 Å². The third-order valence-corrected chi connectivity index (χ3v) is 4.16. The van der Waals surface area contributed by atoms with Crippen LogP contribution in [0.3, 0.4) is 0 Å². The third-order valence-electron chi connectivity index (χ3n) is 4.16. The lowest BCUT2D eigenvalue weighted by atomic mass is 9.82. The summed E-state index contributed by atoms with van der Waals surface area (Å²) in [5.41, 5.74) is 11.5.